The molecule has 1 atom stereocenters. The molecule has 0 fully saturated rings. The molecule has 3 rings (SSSR count). The monoisotopic (exact) mass is 255 g/mol. The van der Waals surface area contributed by atoms with Gasteiger partial charge in [-0.3, -0.25) is 0 Å². The van der Waals surface area contributed by atoms with Gasteiger partial charge in [-0.05, 0) is 35.9 Å². The molecular weight excluding hydrogens is 241 g/mol. The highest BCUT2D eigenvalue weighted by Crippen LogP contribution is 2.25. The van der Waals surface area contributed by atoms with Crippen LogP contribution < -0.4 is 5.73 Å². The zero-order valence-corrected chi connectivity index (χ0v) is 10.5. The van der Waals surface area contributed by atoms with Gasteiger partial charge >= 0.3 is 0 Å². The number of nitrogen functional groups attached to an aromatic ring is 1. The molecule has 3 N–H and O–H groups in total. The quantitative estimate of drug-likeness (QED) is 0.689. The van der Waals surface area contributed by atoms with E-state index >= 15 is 0 Å². The van der Waals surface area contributed by atoms with Crippen LogP contribution in [0.5, 0.6) is 0 Å². The summed E-state index contributed by atoms with van der Waals surface area (Å²) in [5.74, 6) is 0.703. The molecule has 0 radical (unpaired) electrons. The number of nitrogens with two attached hydrogens (primary N) is 1. The van der Waals surface area contributed by atoms with E-state index in [1.807, 2.05) is 25.1 Å². The average Bonchev–Trinajstić information content (AvgIpc) is 2.81. The van der Waals surface area contributed by atoms with E-state index in [1.165, 1.54) is 12.1 Å². The molecule has 1 heterocycles. The zero-order valence-electron chi connectivity index (χ0n) is 10.5. The van der Waals surface area contributed by atoms with Crippen molar-refractivity contribution >= 4 is 16.7 Å². The Morgan fingerprint density at radius 3 is 2.63 bits per heavy atom. The van der Waals surface area contributed by atoms with E-state index in [9.17, 15) is 4.39 Å². The van der Waals surface area contributed by atoms with Crippen LogP contribution in [0.25, 0.3) is 11.0 Å². The van der Waals surface area contributed by atoms with Crippen molar-refractivity contribution < 1.29 is 4.39 Å². The van der Waals surface area contributed by atoms with Gasteiger partial charge < -0.3 is 10.7 Å². The number of fused-ring (bicyclic) bond motifs is 1. The van der Waals surface area contributed by atoms with E-state index in [0.29, 0.717) is 5.69 Å². The summed E-state index contributed by atoms with van der Waals surface area (Å²) in [7, 11) is 0. The lowest BCUT2D eigenvalue weighted by Gasteiger charge is -2.08. The van der Waals surface area contributed by atoms with Crippen LogP contribution in [0.15, 0.2) is 42.5 Å². The minimum atomic E-state index is -0.228. The number of hydrogen-bond donors (Lipinski definition) is 2. The highest BCUT2D eigenvalue weighted by molar-refractivity contribution is 5.78. The van der Waals surface area contributed by atoms with Crippen LogP contribution in [-0.4, -0.2) is 9.97 Å². The molecule has 0 saturated heterocycles. The molecule has 4 heteroatoms. The van der Waals surface area contributed by atoms with Crippen molar-refractivity contribution in [2.24, 2.45) is 0 Å². The minimum absolute atomic E-state index is 0.0780. The van der Waals surface area contributed by atoms with Crippen LogP contribution in [-0.2, 0) is 0 Å². The van der Waals surface area contributed by atoms with Crippen molar-refractivity contribution in [3.05, 3.63) is 59.7 Å². The second kappa shape index (κ2) is 4.39. The van der Waals surface area contributed by atoms with Crippen LogP contribution in [0.4, 0.5) is 10.1 Å². The largest absolute Gasteiger partial charge is 0.399 e. The second-order valence-electron chi connectivity index (χ2n) is 4.67. The number of aromatic amines is 1. The fourth-order valence-corrected chi connectivity index (χ4v) is 2.16. The van der Waals surface area contributed by atoms with Gasteiger partial charge in [0.2, 0.25) is 0 Å². The van der Waals surface area contributed by atoms with Crippen LogP contribution in [0.3, 0.4) is 0 Å². The maximum absolute atomic E-state index is 12.9. The molecular formula is C15H14FN3. The van der Waals surface area contributed by atoms with Gasteiger partial charge in [0.1, 0.15) is 11.6 Å². The number of H-pyrrole nitrogens is 1. The second-order valence-corrected chi connectivity index (χ2v) is 4.67. The van der Waals surface area contributed by atoms with Gasteiger partial charge in [0, 0.05) is 11.6 Å². The summed E-state index contributed by atoms with van der Waals surface area (Å²) in [5, 5.41) is 0. The van der Waals surface area contributed by atoms with Crippen molar-refractivity contribution in [2.75, 3.05) is 5.73 Å². The van der Waals surface area contributed by atoms with Crippen molar-refractivity contribution in [1.82, 2.24) is 9.97 Å². The number of nitrogens with zero attached hydrogens (tertiary/aromatic N) is 1. The minimum Gasteiger partial charge on any atom is -0.399 e. The molecule has 0 aliphatic heterocycles. The first-order valence-electron chi connectivity index (χ1n) is 6.14. The Bertz CT molecular complexity index is 716. The fraction of sp³-hybridized carbons (Fsp3) is 0.133. The molecule has 0 saturated carbocycles. The Morgan fingerprint density at radius 2 is 1.89 bits per heavy atom. The summed E-state index contributed by atoms with van der Waals surface area (Å²) in [4.78, 5) is 7.81. The Morgan fingerprint density at radius 1 is 1.16 bits per heavy atom. The predicted molar refractivity (Wildman–Crippen MR) is 74.4 cm³/mol. The molecule has 0 spiro atoms. The van der Waals surface area contributed by atoms with Crippen molar-refractivity contribution in [3.63, 3.8) is 0 Å². The summed E-state index contributed by atoms with van der Waals surface area (Å²) < 4.78 is 12.9. The molecule has 0 amide bonds. The van der Waals surface area contributed by atoms with E-state index in [4.69, 9.17) is 5.73 Å². The van der Waals surface area contributed by atoms with Gasteiger partial charge in [0.15, 0.2) is 0 Å². The summed E-state index contributed by atoms with van der Waals surface area (Å²) in [6.45, 7) is 2.04. The predicted octanol–water partition coefficient (Wildman–Crippen LogP) is 3.44. The summed E-state index contributed by atoms with van der Waals surface area (Å²) in [6, 6.07) is 12.1. The molecule has 0 bridgehead atoms. The third kappa shape index (κ3) is 2.17. The Kier molecular flexibility index (Phi) is 2.71. The molecule has 96 valence electrons. The van der Waals surface area contributed by atoms with E-state index in [2.05, 4.69) is 9.97 Å². The van der Waals surface area contributed by atoms with Crippen LogP contribution in [0.1, 0.15) is 24.2 Å². The lowest BCUT2D eigenvalue weighted by Crippen LogP contribution is -1.98. The van der Waals surface area contributed by atoms with Gasteiger partial charge in [0.25, 0.3) is 0 Å². The van der Waals surface area contributed by atoms with E-state index in [1.54, 1.807) is 12.1 Å². The van der Waals surface area contributed by atoms with Gasteiger partial charge in [0.05, 0.1) is 11.0 Å². The highest BCUT2D eigenvalue weighted by atomic mass is 19.1. The number of rotatable bonds is 2. The molecule has 0 aliphatic carbocycles. The van der Waals surface area contributed by atoms with E-state index < -0.39 is 0 Å². The van der Waals surface area contributed by atoms with Crippen molar-refractivity contribution in [3.8, 4) is 0 Å². The van der Waals surface area contributed by atoms with Crippen LogP contribution >= 0.6 is 0 Å². The third-order valence-electron chi connectivity index (χ3n) is 3.30. The van der Waals surface area contributed by atoms with E-state index in [0.717, 1.165) is 22.4 Å². The SMILES string of the molecule is C[C@@H](c1ccc(F)cc1)c1nc2ccc(N)cc2[nH]1. The number of hydrogen-bond acceptors (Lipinski definition) is 2. The summed E-state index contributed by atoms with van der Waals surface area (Å²) in [6.07, 6.45) is 0. The third-order valence-corrected chi connectivity index (χ3v) is 3.30. The first kappa shape index (κ1) is 11.7. The Balaban J connectivity index is 2.01. The number of aromatic nitrogens is 2. The Hall–Kier alpha value is -2.36. The Labute approximate surface area is 110 Å². The molecule has 3 aromatic rings. The molecule has 0 unspecified atom stereocenters. The molecule has 3 nitrogen and oxygen atoms in total. The van der Waals surface area contributed by atoms with Gasteiger partial charge in [-0.15, -0.1) is 0 Å². The van der Waals surface area contributed by atoms with Gasteiger partial charge in [-0.1, -0.05) is 19.1 Å². The van der Waals surface area contributed by atoms with Crippen LogP contribution in [0.2, 0.25) is 0 Å². The summed E-state index contributed by atoms with van der Waals surface area (Å²) >= 11 is 0. The van der Waals surface area contributed by atoms with Gasteiger partial charge in [-0.2, -0.15) is 0 Å². The fourth-order valence-electron chi connectivity index (χ4n) is 2.16. The van der Waals surface area contributed by atoms with Crippen LogP contribution in [0, 0.1) is 5.82 Å². The number of nitrogens with one attached hydrogen (secondary N) is 1. The van der Waals surface area contributed by atoms with Gasteiger partial charge in [-0.25, -0.2) is 9.37 Å². The lowest BCUT2D eigenvalue weighted by molar-refractivity contribution is 0.626. The summed E-state index contributed by atoms with van der Waals surface area (Å²) in [5.41, 5.74) is 9.28. The standard InChI is InChI=1S/C15H14FN3/c1-9(10-2-4-11(16)5-3-10)15-18-13-7-6-12(17)8-14(13)19-15/h2-9H,17H2,1H3,(H,18,19)/t9-/m0/s1. The smallest absolute Gasteiger partial charge is 0.123 e. The van der Waals surface area contributed by atoms with Crippen molar-refractivity contribution in [2.45, 2.75) is 12.8 Å². The normalized spacial score (nSPS) is 12.7. The van der Waals surface area contributed by atoms with E-state index in [-0.39, 0.29) is 11.7 Å². The maximum Gasteiger partial charge on any atom is 0.123 e. The first-order valence-corrected chi connectivity index (χ1v) is 6.14. The lowest BCUT2D eigenvalue weighted by atomic mass is 10.0. The highest BCUT2D eigenvalue weighted by Gasteiger charge is 2.13. The topological polar surface area (TPSA) is 54.7 Å². The number of benzene rings is 2. The molecule has 2 aromatic carbocycles. The van der Waals surface area contributed by atoms with Crippen molar-refractivity contribution in [1.29, 1.82) is 0 Å². The molecule has 1 aromatic heterocycles. The first-order chi connectivity index (χ1) is 9.13. The number of halogens is 1. The molecule has 19 heavy (non-hydrogen) atoms. The number of anilines is 1. The number of imidazole rings is 1. The molecule has 0 aliphatic rings. The average molecular weight is 255 g/mol. The maximum atomic E-state index is 12.9. The zero-order chi connectivity index (χ0) is 13.4.